The van der Waals surface area contributed by atoms with Gasteiger partial charge < -0.3 is 14.5 Å². The van der Waals surface area contributed by atoms with E-state index in [4.69, 9.17) is 9.16 Å². The van der Waals surface area contributed by atoms with Gasteiger partial charge in [-0.05, 0) is 24.2 Å². The van der Waals surface area contributed by atoms with Crippen LogP contribution in [0.3, 0.4) is 0 Å². The first-order chi connectivity index (χ1) is 11.0. The van der Waals surface area contributed by atoms with Crippen LogP contribution >= 0.6 is 0 Å². The number of benzene rings is 1. The maximum absolute atomic E-state index is 12.1. The molecule has 0 radical (unpaired) electrons. The second-order valence-electron chi connectivity index (χ2n) is 7.01. The highest BCUT2D eigenvalue weighted by Crippen LogP contribution is 2.36. The fraction of sp³-hybridized carbons (Fsp3) is 0.562. The fourth-order valence-corrected chi connectivity index (χ4v) is 2.80. The van der Waals surface area contributed by atoms with Crippen LogP contribution in [0.2, 0.25) is 18.1 Å². The predicted octanol–water partition coefficient (Wildman–Crippen LogP) is 3.36. The van der Waals surface area contributed by atoms with E-state index in [1.165, 1.54) is 25.3 Å². The van der Waals surface area contributed by atoms with Crippen LogP contribution in [0.15, 0.2) is 18.2 Å². The second-order valence-corrected chi connectivity index (χ2v) is 11.8. The van der Waals surface area contributed by atoms with E-state index in [1.807, 2.05) is 0 Å². The monoisotopic (exact) mass is 354 g/mol. The van der Waals surface area contributed by atoms with Crippen LogP contribution in [0.25, 0.3) is 0 Å². The number of hydrogen-bond donors (Lipinski definition) is 1. The highest BCUT2D eigenvalue weighted by Gasteiger charge is 2.36. The van der Waals surface area contributed by atoms with Crippen LogP contribution in [-0.4, -0.2) is 39.4 Å². The molecule has 0 heterocycles. The summed E-state index contributed by atoms with van der Waals surface area (Å²) in [5.74, 6) is -0.257. The van der Waals surface area contributed by atoms with E-state index >= 15 is 0 Å². The lowest BCUT2D eigenvalue weighted by Crippen LogP contribution is -2.42. The maximum atomic E-state index is 12.1. The molecule has 24 heavy (non-hydrogen) atoms. The minimum atomic E-state index is -1.84. The molecule has 7 nitrogen and oxygen atoms in total. The van der Waals surface area contributed by atoms with E-state index < -0.39 is 13.2 Å². The number of nitro benzene ring substituents is 1. The summed E-state index contributed by atoms with van der Waals surface area (Å²) in [6.45, 7) is 11.6. The summed E-state index contributed by atoms with van der Waals surface area (Å²) in [5, 5.41) is 13.7. The fourth-order valence-electron chi connectivity index (χ4n) is 1.76. The van der Waals surface area contributed by atoms with Gasteiger partial charge in [0.15, 0.2) is 14.1 Å². The molecule has 0 saturated heterocycles. The Morgan fingerprint density at radius 2 is 1.96 bits per heavy atom. The Morgan fingerprint density at radius 3 is 2.46 bits per heavy atom. The van der Waals surface area contributed by atoms with Gasteiger partial charge >= 0.3 is 5.69 Å². The van der Waals surface area contributed by atoms with Gasteiger partial charge in [0, 0.05) is 24.2 Å². The zero-order valence-electron chi connectivity index (χ0n) is 15.1. The van der Waals surface area contributed by atoms with Gasteiger partial charge in [0.05, 0.1) is 18.6 Å². The van der Waals surface area contributed by atoms with Gasteiger partial charge in [0.2, 0.25) is 0 Å². The minimum Gasteiger partial charge on any atom is -0.490 e. The first-order valence-corrected chi connectivity index (χ1v) is 10.6. The highest BCUT2D eigenvalue weighted by atomic mass is 28.4. The average molecular weight is 354 g/mol. The molecule has 0 bridgehead atoms. The van der Waals surface area contributed by atoms with Crippen molar-refractivity contribution in [3.05, 3.63) is 33.9 Å². The van der Waals surface area contributed by atoms with Crippen molar-refractivity contribution in [1.29, 1.82) is 0 Å². The number of carbonyl (C=O) groups excluding carboxylic acids is 1. The third-order valence-electron chi connectivity index (χ3n) is 4.30. The molecule has 8 heteroatoms. The van der Waals surface area contributed by atoms with Crippen molar-refractivity contribution in [2.45, 2.75) is 38.9 Å². The van der Waals surface area contributed by atoms with Crippen LogP contribution in [-0.2, 0) is 4.43 Å². The largest absolute Gasteiger partial charge is 0.490 e. The number of amides is 1. The molecule has 1 rings (SSSR count). The number of nitrogens with zero attached hydrogens (tertiary/aromatic N) is 1. The minimum absolute atomic E-state index is 0.0603. The topological polar surface area (TPSA) is 90.7 Å². The molecule has 1 N–H and O–H groups in total. The Kier molecular flexibility index (Phi) is 6.50. The lowest BCUT2D eigenvalue weighted by molar-refractivity contribution is -0.385. The number of nitrogens with one attached hydrogen (secondary N) is 1. The molecule has 1 aromatic rings. The first kappa shape index (κ1) is 20.1. The summed E-state index contributed by atoms with van der Waals surface area (Å²) in [6, 6.07) is 4.03. The van der Waals surface area contributed by atoms with Crippen LogP contribution in [0.1, 0.15) is 31.1 Å². The summed E-state index contributed by atoms with van der Waals surface area (Å²) in [5.41, 5.74) is 0.139. The first-order valence-electron chi connectivity index (χ1n) is 7.74. The molecule has 0 saturated carbocycles. The van der Waals surface area contributed by atoms with E-state index in [9.17, 15) is 14.9 Å². The Morgan fingerprint density at radius 1 is 1.33 bits per heavy atom. The highest BCUT2D eigenvalue weighted by molar-refractivity contribution is 6.74. The molecule has 0 aliphatic heterocycles. The van der Waals surface area contributed by atoms with Crippen LogP contribution < -0.4 is 10.1 Å². The van der Waals surface area contributed by atoms with E-state index in [0.29, 0.717) is 18.7 Å². The van der Waals surface area contributed by atoms with E-state index in [1.54, 1.807) is 0 Å². The van der Waals surface area contributed by atoms with Gasteiger partial charge in [-0.25, -0.2) is 0 Å². The number of methoxy groups -OCH3 is 1. The number of hydrogen-bond acceptors (Lipinski definition) is 5. The number of rotatable bonds is 7. The van der Waals surface area contributed by atoms with Crippen molar-refractivity contribution in [1.82, 2.24) is 5.32 Å². The van der Waals surface area contributed by atoms with Crippen LogP contribution in [0.5, 0.6) is 5.75 Å². The van der Waals surface area contributed by atoms with Crippen molar-refractivity contribution >= 4 is 19.9 Å². The van der Waals surface area contributed by atoms with Gasteiger partial charge in [-0.3, -0.25) is 14.9 Å². The molecule has 0 aliphatic carbocycles. The lowest BCUT2D eigenvalue weighted by Gasteiger charge is -2.36. The third kappa shape index (κ3) is 5.03. The standard InChI is InChI=1S/C16H26N2O5Si/c1-16(2,3)24(5,6)23-10-9-17-15(19)12-7-8-13(18(20)21)14(11-12)22-4/h7-8,11H,9-10H2,1-6H3,(H,17,19). The number of ether oxygens (including phenoxy) is 1. The molecule has 1 aromatic carbocycles. The van der Waals surface area contributed by atoms with Crippen molar-refractivity contribution < 1.29 is 18.9 Å². The van der Waals surface area contributed by atoms with Crippen molar-refractivity contribution in [2.24, 2.45) is 0 Å². The second kappa shape index (κ2) is 7.76. The Labute approximate surface area is 143 Å². The summed E-state index contributed by atoms with van der Waals surface area (Å²) >= 11 is 0. The van der Waals surface area contributed by atoms with Crippen LogP contribution in [0.4, 0.5) is 5.69 Å². The lowest BCUT2D eigenvalue weighted by atomic mass is 10.2. The quantitative estimate of drug-likeness (QED) is 0.351. The van der Waals surface area contributed by atoms with Crippen molar-refractivity contribution in [3.63, 3.8) is 0 Å². The van der Waals surface area contributed by atoms with Gasteiger partial charge in [0.1, 0.15) is 0 Å². The number of nitro groups is 1. The average Bonchev–Trinajstić information content (AvgIpc) is 2.49. The smallest absolute Gasteiger partial charge is 0.310 e. The predicted molar refractivity (Wildman–Crippen MR) is 95.1 cm³/mol. The molecule has 0 aliphatic rings. The molecule has 0 spiro atoms. The third-order valence-corrected chi connectivity index (χ3v) is 8.83. The maximum Gasteiger partial charge on any atom is 0.310 e. The van der Waals surface area contributed by atoms with Crippen LogP contribution in [0, 0.1) is 10.1 Å². The van der Waals surface area contributed by atoms with Crippen molar-refractivity contribution in [2.75, 3.05) is 20.3 Å². The number of carbonyl (C=O) groups is 1. The molecule has 134 valence electrons. The molecule has 0 atom stereocenters. The van der Waals surface area contributed by atoms with Gasteiger partial charge in [-0.2, -0.15) is 0 Å². The molecule has 1 amide bonds. The van der Waals surface area contributed by atoms with Gasteiger partial charge in [-0.1, -0.05) is 20.8 Å². The molecule has 0 aromatic heterocycles. The zero-order valence-corrected chi connectivity index (χ0v) is 16.1. The molecular formula is C16H26N2O5Si. The SMILES string of the molecule is COc1cc(C(=O)NCCO[Si](C)(C)C(C)(C)C)ccc1[N+](=O)[O-]. The van der Waals surface area contributed by atoms with E-state index in [-0.39, 0.29) is 22.4 Å². The van der Waals surface area contributed by atoms with Gasteiger partial charge in [0.25, 0.3) is 5.91 Å². The van der Waals surface area contributed by atoms with Gasteiger partial charge in [-0.15, -0.1) is 0 Å². The zero-order chi connectivity index (χ0) is 18.5. The Balaban J connectivity index is 2.62. The summed E-state index contributed by atoms with van der Waals surface area (Å²) in [7, 11) is -0.507. The molecule has 0 fully saturated rings. The summed E-state index contributed by atoms with van der Waals surface area (Å²) in [6.07, 6.45) is 0. The summed E-state index contributed by atoms with van der Waals surface area (Å²) < 4.78 is 11.0. The van der Waals surface area contributed by atoms with E-state index in [2.05, 4.69) is 39.2 Å². The molecular weight excluding hydrogens is 328 g/mol. The van der Waals surface area contributed by atoms with Crippen molar-refractivity contribution in [3.8, 4) is 5.75 Å². The normalized spacial score (nSPS) is 11.9. The Hall–Kier alpha value is -1.93. The Bertz CT molecular complexity index is 611. The van der Waals surface area contributed by atoms with E-state index in [0.717, 1.165) is 0 Å². The molecule has 0 unspecified atom stereocenters. The summed E-state index contributed by atoms with van der Waals surface area (Å²) in [4.78, 5) is 22.4.